The second-order valence-corrected chi connectivity index (χ2v) is 10.0. The first-order chi connectivity index (χ1) is 16.3. The first kappa shape index (κ1) is 23.4. The fourth-order valence-corrected chi connectivity index (χ4v) is 5.20. The number of nitrogens with one attached hydrogen (secondary N) is 1. The van der Waals surface area contributed by atoms with Crippen molar-refractivity contribution in [1.29, 1.82) is 0 Å². The van der Waals surface area contributed by atoms with Crippen LogP contribution >= 0.6 is 23.2 Å². The number of carbonyl (C=O) groups excluding carboxylic acids is 1. The van der Waals surface area contributed by atoms with E-state index in [1.54, 1.807) is 26.0 Å². The number of nitrogens with zero attached hydrogens (tertiary/aromatic N) is 3. The highest BCUT2D eigenvalue weighted by Crippen LogP contribution is 2.35. The molecule has 0 saturated carbocycles. The highest BCUT2D eigenvalue weighted by Gasteiger charge is 2.30. The first-order valence-corrected chi connectivity index (χ1v) is 12.3. The van der Waals surface area contributed by atoms with Crippen LogP contribution in [0.4, 0.5) is 10.3 Å². The van der Waals surface area contributed by atoms with Gasteiger partial charge in [0.15, 0.2) is 0 Å². The van der Waals surface area contributed by atoms with Crippen molar-refractivity contribution in [1.82, 2.24) is 14.9 Å². The summed E-state index contributed by atoms with van der Waals surface area (Å²) in [6.07, 6.45) is 2.33. The molecule has 3 heterocycles. The second kappa shape index (κ2) is 9.36. The van der Waals surface area contributed by atoms with Gasteiger partial charge in [-0.3, -0.25) is 9.36 Å². The van der Waals surface area contributed by atoms with Gasteiger partial charge >= 0.3 is 0 Å². The Morgan fingerprint density at radius 2 is 1.76 bits per heavy atom. The van der Waals surface area contributed by atoms with Gasteiger partial charge in [-0.25, -0.2) is 9.37 Å². The Morgan fingerprint density at radius 1 is 1.09 bits per heavy atom. The van der Waals surface area contributed by atoms with Crippen molar-refractivity contribution in [2.75, 3.05) is 31.2 Å². The summed E-state index contributed by atoms with van der Waals surface area (Å²) in [5, 5.41) is 3.99. The molecule has 2 aromatic carbocycles. The first-order valence-electron chi connectivity index (χ1n) is 11.6. The van der Waals surface area contributed by atoms with Crippen LogP contribution in [0.25, 0.3) is 16.7 Å². The summed E-state index contributed by atoms with van der Waals surface area (Å²) in [6, 6.07) is 7.31. The number of hydrogen-bond acceptors (Lipinski definition) is 4. The van der Waals surface area contributed by atoms with E-state index in [1.807, 2.05) is 16.7 Å². The van der Waals surface area contributed by atoms with Gasteiger partial charge in [-0.15, -0.1) is 0 Å². The number of halogens is 3. The van der Waals surface area contributed by atoms with E-state index in [4.69, 9.17) is 32.9 Å². The van der Waals surface area contributed by atoms with Crippen LogP contribution in [0.2, 0.25) is 10.0 Å². The van der Waals surface area contributed by atoms with Crippen molar-refractivity contribution < 1.29 is 13.9 Å². The van der Waals surface area contributed by atoms with Crippen LogP contribution in [0.3, 0.4) is 0 Å². The number of anilines is 1. The molecule has 1 N–H and O–H groups in total. The van der Waals surface area contributed by atoms with Gasteiger partial charge in [-0.1, -0.05) is 23.2 Å². The topological polar surface area (TPSA) is 59.4 Å². The number of fused-ring (bicyclic) bond motifs is 1. The third kappa shape index (κ3) is 4.37. The molecule has 6 nitrogen and oxygen atoms in total. The van der Waals surface area contributed by atoms with E-state index < -0.39 is 0 Å². The van der Waals surface area contributed by atoms with Gasteiger partial charge in [0.2, 0.25) is 11.9 Å². The van der Waals surface area contributed by atoms with Crippen molar-refractivity contribution in [2.45, 2.75) is 39.2 Å². The minimum absolute atomic E-state index is 0.0334. The minimum atomic E-state index is -0.213. The average molecular weight is 505 g/mol. The zero-order chi connectivity index (χ0) is 24.0. The molecule has 1 aromatic heterocycles. The van der Waals surface area contributed by atoms with Gasteiger partial charge < -0.3 is 15.0 Å². The van der Waals surface area contributed by atoms with E-state index in [1.165, 1.54) is 0 Å². The van der Waals surface area contributed by atoms with Gasteiger partial charge in [-0.2, -0.15) is 0 Å². The van der Waals surface area contributed by atoms with Crippen LogP contribution in [-0.2, 0) is 9.53 Å². The van der Waals surface area contributed by atoms with E-state index >= 15 is 0 Å². The van der Waals surface area contributed by atoms with E-state index in [9.17, 15) is 9.18 Å². The summed E-state index contributed by atoms with van der Waals surface area (Å²) >= 11 is 12.6. The minimum Gasteiger partial charge on any atom is -0.379 e. The number of imidazole rings is 1. The molecule has 1 unspecified atom stereocenters. The average Bonchev–Trinajstić information content (AvgIpc) is 3.45. The fraction of sp³-hybridized carbons (Fsp3) is 0.440. The van der Waals surface area contributed by atoms with Crippen LogP contribution < -0.4 is 10.2 Å². The summed E-state index contributed by atoms with van der Waals surface area (Å²) in [4.78, 5) is 19.8. The quantitative estimate of drug-likeness (QED) is 0.529. The molecule has 2 saturated heterocycles. The Bertz CT molecular complexity index is 1220. The van der Waals surface area contributed by atoms with Crippen molar-refractivity contribution in [2.24, 2.45) is 5.92 Å². The summed E-state index contributed by atoms with van der Waals surface area (Å²) in [6.45, 7) is 6.18. The summed E-state index contributed by atoms with van der Waals surface area (Å²) in [7, 11) is 0. The van der Waals surface area contributed by atoms with Crippen LogP contribution in [-0.4, -0.2) is 47.8 Å². The molecule has 1 amide bonds. The van der Waals surface area contributed by atoms with Gasteiger partial charge in [0, 0.05) is 31.3 Å². The summed E-state index contributed by atoms with van der Waals surface area (Å²) in [5.41, 5.74) is 3.46. The second-order valence-electron chi connectivity index (χ2n) is 9.23. The van der Waals surface area contributed by atoms with Crippen molar-refractivity contribution >= 4 is 46.1 Å². The maximum absolute atomic E-state index is 14.4. The number of amides is 1. The number of aryl methyl sites for hydroxylation is 2. The molecule has 2 aliphatic heterocycles. The Kier molecular flexibility index (Phi) is 6.44. The highest BCUT2D eigenvalue weighted by atomic mass is 35.5. The molecule has 0 radical (unpaired) electrons. The Balaban J connectivity index is 1.46. The number of rotatable bonds is 4. The lowest BCUT2D eigenvalue weighted by molar-refractivity contribution is -0.126. The molecule has 5 rings (SSSR count). The van der Waals surface area contributed by atoms with Crippen LogP contribution in [0.15, 0.2) is 24.3 Å². The highest BCUT2D eigenvalue weighted by molar-refractivity contribution is 6.42. The van der Waals surface area contributed by atoms with E-state index in [-0.39, 0.29) is 23.7 Å². The molecule has 34 heavy (non-hydrogen) atoms. The normalized spacial score (nSPS) is 19.2. The zero-order valence-corrected chi connectivity index (χ0v) is 20.7. The third-order valence-electron chi connectivity index (χ3n) is 6.78. The Hall–Kier alpha value is -2.35. The van der Waals surface area contributed by atoms with Crippen LogP contribution in [0.1, 0.15) is 30.4 Å². The molecule has 3 aromatic rings. The largest absolute Gasteiger partial charge is 0.379 e. The molecule has 0 spiro atoms. The predicted molar refractivity (Wildman–Crippen MR) is 133 cm³/mol. The monoisotopic (exact) mass is 504 g/mol. The fourth-order valence-electron chi connectivity index (χ4n) is 4.89. The van der Waals surface area contributed by atoms with Crippen molar-refractivity contribution in [3.63, 3.8) is 0 Å². The number of carbonyl (C=O) groups is 1. The molecular formula is C25H27Cl2FN4O2. The van der Waals surface area contributed by atoms with Crippen molar-refractivity contribution in [3.8, 4) is 5.69 Å². The van der Waals surface area contributed by atoms with Gasteiger partial charge in [0.25, 0.3) is 0 Å². The van der Waals surface area contributed by atoms with E-state index in [0.717, 1.165) is 36.4 Å². The number of hydrogen-bond donors (Lipinski definition) is 1. The number of piperidine rings is 1. The maximum atomic E-state index is 14.4. The van der Waals surface area contributed by atoms with E-state index in [0.29, 0.717) is 53.0 Å². The zero-order valence-electron chi connectivity index (χ0n) is 19.2. The molecule has 1 atom stereocenters. The molecule has 2 aliphatic rings. The lowest BCUT2D eigenvalue weighted by atomic mass is 9.95. The van der Waals surface area contributed by atoms with Crippen LogP contribution in [0, 0.1) is 25.6 Å². The van der Waals surface area contributed by atoms with Crippen molar-refractivity contribution in [3.05, 3.63) is 51.3 Å². The SMILES string of the molecule is Cc1cc(-n2c(N3CCC(C(=O)NC4CCOC4)CC3)nc3cc(Cl)c(Cl)cc32)cc(C)c1F. The molecule has 9 heteroatoms. The molecule has 0 aliphatic carbocycles. The molecule has 0 bridgehead atoms. The number of aromatic nitrogens is 2. The summed E-state index contributed by atoms with van der Waals surface area (Å²) in [5.74, 6) is 0.595. The molecule has 2 fully saturated rings. The number of ether oxygens (including phenoxy) is 1. The van der Waals surface area contributed by atoms with Crippen LogP contribution in [0.5, 0.6) is 0 Å². The molecule has 180 valence electrons. The van der Waals surface area contributed by atoms with Gasteiger partial charge in [0.05, 0.1) is 33.7 Å². The number of benzene rings is 2. The lowest BCUT2D eigenvalue weighted by Gasteiger charge is -2.33. The third-order valence-corrected chi connectivity index (χ3v) is 7.51. The Labute approximate surface area is 208 Å². The predicted octanol–water partition coefficient (Wildman–Crippen LogP) is 5.21. The van der Waals surface area contributed by atoms with Gasteiger partial charge in [-0.05, 0) is 68.5 Å². The van der Waals surface area contributed by atoms with Gasteiger partial charge in [0.1, 0.15) is 5.82 Å². The summed E-state index contributed by atoms with van der Waals surface area (Å²) < 4.78 is 21.8. The molecular weight excluding hydrogens is 478 g/mol. The smallest absolute Gasteiger partial charge is 0.223 e. The lowest BCUT2D eigenvalue weighted by Crippen LogP contribution is -2.44. The van der Waals surface area contributed by atoms with E-state index in [2.05, 4.69) is 10.2 Å². The Morgan fingerprint density at radius 3 is 2.41 bits per heavy atom. The standard InChI is InChI=1S/C25H27Cl2FN4O2/c1-14-9-18(10-15(2)23(14)28)32-22-12-20(27)19(26)11-21(22)30-25(32)31-6-3-16(4-7-31)24(33)29-17-5-8-34-13-17/h9-12,16-17H,3-8,13H2,1-2H3,(H,29,33). The maximum Gasteiger partial charge on any atom is 0.223 e.